The lowest BCUT2D eigenvalue weighted by Gasteiger charge is -2.31. The van der Waals surface area contributed by atoms with E-state index in [-0.39, 0.29) is 0 Å². The third kappa shape index (κ3) is 5.41. The highest BCUT2D eigenvalue weighted by Gasteiger charge is 2.52. The van der Waals surface area contributed by atoms with Crippen LogP contribution in [0.15, 0.2) is 248 Å². The summed E-state index contributed by atoms with van der Waals surface area (Å²) < 4.78 is 6.61. The van der Waals surface area contributed by atoms with Crippen molar-refractivity contribution in [2.45, 2.75) is 5.41 Å². The molecule has 2 aliphatic rings. The van der Waals surface area contributed by atoms with Crippen molar-refractivity contribution in [3.8, 4) is 33.4 Å². The van der Waals surface area contributed by atoms with Crippen molar-refractivity contribution in [3.63, 3.8) is 0 Å². The monoisotopic (exact) mass is 827 g/mol. The van der Waals surface area contributed by atoms with Crippen molar-refractivity contribution in [2.24, 2.45) is 0 Å². The third-order valence-electron chi connectivity index (χ3n) is 13.9. The molecule has 304 valence electrons. The molecule has 65 heavy (non-hydrogen) atoms. The van der Waals surface area contributed by atoms with Gasteiger partial charge in [-0.25, -0.2) is 0 Å². The molecule has 0 saturated carbocycles. The normalized spacial score (nSPS) is 13.4. The van der Waals surface area contributed by atoms with E-state index in [0.29, 0.717) is 0 Å². The number of hydrogen-bond acceptors (Lipinski definition) is 2. The number of allylic oxidation sites excluding steroid dienone is 4. The Labute approximate surface area is 378 Å². The van der Waals surface area contributed by atoms with E-state index in [0.717, 1.165) is 61.0 Å². The van der Waals surface area contributed by atoms with Crippen LogP contribution in [0.25, 0.3) is 82.4 Å². The largest absolute Gasteiger partial charge is 0.455 e. The van der Waals surface area contributed by atoms with E-state index < -0.39 is 5.41 Å². The second-order valence-corrected chi connectivity index (χ2v) is 17.2. The second-order valence-electron chi connectivity index (χ2n) is 17.2. The van der Waals surface area contributed by atoms with E-state index in [1.54, 1.807) is 0 Å². The summed E-state index contributed by atoms with van der Waals surface area (Å²) in [4.78, 5) is 2.42. The lowest BCUT2D eigenvalue weighted by atomic mass is 9.70. The van der Waals surface area contributed by atoms with E-state index in [4.69, 9.17) is 4.42 Å². The summed E-state index contributed by atoms with van der Waals surface area (Å²) >= 11 is 0. The number of rotatable bonds is 7. The predicted octanol–water partition coefficient (Wildman–Crippen LogP) is 16.8. The first-order valence-corrected chi connectivity index (χ1v) is 22.4. The van der Waals surface area contributed by atoms with Crippen LogP contribution in [0.1, 0.15) is 27.8 Å². The number of benzene rings is 10. The van der Waals surface area contributed by atoms with Crippen molar-refractivity contribution in [1.29, 1.82) is 0 Å². The lowest BCUT2D eigenvalue weighted by molar-refractivity contribution is 0.672. The molecule has 0 N–H and O–H groups in total. The highest BCUT2D eigenvalue weighted by molar-refractivity contribution is 6.16. The Bertz CT molecular complexity index is 3770. The number of para-hydroxylation sites is 1. The predicted molar refractivity (Wildman–Crippen MR) is 273 cm³/mol. The van der Waals surface area contributed by atoms with Crippen LogP contribution in [0.5, 0.6) is 0 Å². The number of anilines is 2. The maximum atomic E-state index is 6.61. The maximum Gasteiger partial charge on any atom is 0.143 e. The van der Waals surface area contributed by atoms with Gasteiger partial charge in [-0.3, -0.25) is 0 Å². The van der Waals surface area contributed by atoms with Crippen molar-refractivity contribution < 1.29 is 4.42 Å². The molecule has 1 aromatic heterocycles. The van der Waals surface area contributed by atoms with Crippen LogP contribution in [0, 0.1) is 0 Å². The fourth-order valence-electron chi connectivity index (χ4n) is 11.2. The molecule has 0 atom stereocenters. The van der Waals surface area contributed by atoms with Crippen LogP contribution in [0.4, 0.5) is 11.4 Å². The highest BCUT2D eigenvalue weighted by atomic mass is 16.3. The van der Waals surface area contributed by atoms with Gasteiger partial charge in [-0.2, -0.15) is 0 Å². The quantitative estimate of drug-likeness (QED) is 0.149. The molecule has 11 aromatic rings. The number of hydrogen-bond donors (Lipinski definition) is 0. The Morgan fingerprint density at radius 1 is 0.462 bits per heavy atom. The average molecular weight is 828 g/mol. The lowest BCUT2D eigenvalue weighted by Crippen LogP contribution is -2.26. The zero-order valence-corrected chi connectivity index (χ0v) is 35.6. The molecule has 10 aromatic carbocycles. The standard InChI is InChI=1S/C63H41NO/c1-2-17-41(46-27-15-20-42-18-3-5-21-45(42)46)38-39-64(58-32-14-10-22-47(58)44-35-37-60-53(40-44)51-36-34-43-19-4-6-23-48(43)62(51)65-60)59-33-16-31-57-61(59)52-26-9-13-30-56(52)63(57)54-28-11-7-24-49(54)50-25-8-12-29-55(50)63/h2-40H,1H2/b39-38+,41-17+. The van der Waals surface area contributed by atoms with Gasteiger partial charge in [0.25, 0.3) is 0 Å². The Morgan fingerprint density at radius 3 is 1.82 bits per heavy atom. The molecule has 1 spiro atoms. The van der Waals surface area contributed by atoms with Crippen LogP contribution in [-0.4, -0.2) is 0 Å². The Balaban J connectivity index is 1.07. The van der Waals surface area contributed by atoms with Gasteiger partial charge in [-0.1, -0.05) is 201 Å². The molecule has 0 unspecified atom stereocenters. The number of fused-ring (bicyclic) bond motifs is 16. The summed E-state index contributed by atoms with van der Waals surface area (Å²) in [6.45, 7) is 4.18. The Kier molecular flexibility index (Phi) is 8.31. The molecule has 0 saturated heterocycles. The van der Waals surface area contributed by atoms with Crippen LogP contribution in [0.3, 0.4) is 0 Å². The van der Waals surface area contributed by atoms with Gasteiger partial charge in [0.1, 0.15) is 11.2 Å². The van der Waals surface area contributed by atoms with E-state index in [1.165, 1.54) is 60.7 Å². The minimum Gasteiger partial charge on any atom is -0.455 e. The minimum absolute atomic E-state index is 0.474. The zero-order chi connectivity index (χ0) is 43.1. The fraction of sp³-hybridized carbons (Fsp3) is 0.0159. The molecular formula is C63H41NO. The van der Waals surface area contributed by atoms with Gasteiger partial charge in [0.2, 0.25) is 0 Å². The van der Waals surface area contributed by atoms with Crippen molar-refractivity contribution in [1.82, 2.24) is 0 Å². The topological polar surface area (TPSA) is 16.4 Å². The van der Waals surface area contributed by atoms with Crippen LogP contribution in [0.2, 0.25) is 0 Å². The van der Waals surface area contributed by atoms with Gasteiger partial charge in [-0.15, -0.1) is 0 Å². The molecule has 0 bridgehead atoms. The van der Waals surface area contributed by atoms with Crippen molar-refractivity contribution >= 4 is 60.4 Å². The summed E-state index contributed by atoms with van der Waals surface area (Å²) in [5.41, 5.74) is 18.3. The molecular weight excluding hydrogens is 787 g/mol. The first-order valence-electron chi connectivity index (χ1n) is 22.4. The summed E-state index contributed by atoms with van der Waals surface area (Å²) in [6.07, 6.45) is 8.54. The molecule has 0 amide bonds. The SMILES string of the molecule is C=C/C=C(\C=C\N(c1ccccc1-c1ccc2oc3c4ccccc4ccc3c2c1)c1cccc2c1-c1ccccc1C21c2ccccc2-c2ccccc21)c1cccc2ccccc12. The van der Waals surface area contributed by atoms with E-state index in [1.807, 2.05) is 6.08 Å². The molecule has 0 fully saturated rings. The number of nitrogens with zero attached hydrogens (tertiary/aromatic N) is 1. The first kappa shape index (κ1) is 37.1. The highest BCUT2D eigenvalue weighted by Crippen LogP contribution is 2.64. The zero-order valence-electron chi connectivity index (χ0n) is 35.6. The number of furan rings is 1. The molecule has 0 aliphatic heterocycles. The van der Waals surface area contributed by atoms with E-state index in [9.17, 15) is 0 Å². The van der Waals surface area contributed by atoms with Crippen LogP contribution in [-0.2, 0) is 5.41 Å². The van der Waals surface area contributed by atoms with Gasteiger partial charge in [0, 0.05) is 33.5 Å². The minimum atomic E-state index is -0.474. The molecule has 0 radical (unpaired) electrons. The molecule has 1 heterocycles. The molecule has 2 heteroatoms. The van der Waals surface area contributed by atoms with E-state index >= 15 is 0 Å². The van der Waals surface area contributed by atoms with Crippen molar-refractivity contribution in [3.05, 3.63) is 271 Å². The Morgan fingerprint density at radius 2 is 1.05 bits per heavy atom. The summed E-state index contributed by atoms with van der Waals surface area (Å²) in [5.74, 6) is 0. The molecule has 2 aliphatic carbocycles. The average Bonchev–Trinajstić information content (AvgIpc) is 4.00. The fourth-order valence-corrected chi connectivity index (χ4v) is 11.2. The van der Waals surface area contributed by atoms with Gasteiger partial charge < -0.3 is 9.32 Å². The van der Waals surface area contributed by atoms with Crippen LogP contribution < -0.4 is 4.90 Å². The summed E-state index contributed by atoms with van der Waals surface area (Å²) in [7, 11) is 0. The van der Waals surface area contributed by atoms with Gasteiger partial charge in [0.05, 0.1) is 16.8 Å². The smallest absolute Gasteiger partial charge is 0.143 e. The van der Waals surface area contributed by atoms with Gasteiger partial charge in [-0.05, 0) is 108 Å². The van der Waals surface area contributed by atoms with Gasteiger partial charge in [0.15, 0.2) is 0 Å². The maximum absolute atomic E-state index is 6.61. The second kappa shape index (κ2) is 14.6. The van der Waals surface area contributed by atoms with E-state index in [2.05, 4.69) is 242 Å². The van der Waals surface area contributed by atoms with Gasteiger partial charge >= 0.3 is 0 Å². The summed E-state index contributed by atoms with van der Waals surface area (Å²) in [6, 6.07) is 77.5. The summed E-state index contributed by atoms with van der Waals surface area (Å²) in [5, 5.41) is 6.90. The molecule has 2 nitrogen and oxygen atoms in total. The van der Waals surface area contributed by atoms with Crippen LogP contribution >= 0.6 is 0 Å². The molecule has 13 rings (SSSR count). The Hall–Kier alpha value is -8.46. The third-order valence-corrected chi connectivity index (χ3v) is 13.9. The first-order chi connectivity index (χ1) is 32.2. The van der Waals surface area contributed by atoms with Crippen molar-refractivity contribution in [2.75, 3.05) is 4.90 Å².